The Bertz CT molecular complexity index is 998. The highest BCUT2D eigenvalue weighted by molar-refractivity contribution is 5.94. The zero-order valence-corrected chi connectivity index (χ0v) is 14.2. The number of aromatic nitrogens is 1. The number of benzene rings is 1. The van der Waals surface area contributed by atoms with Crippen molar-refractivity contribution in [1.82, 2.24) is 10.4 Å². The molecule has 3 aromatic rings. The summed E-state index contributed by atoms with van der Waals surface area (Å²) in [6.07, 6.45) is 4.30. The predicted octanol–water partition coefficient (Wildman–Crippen LogP) is 3.02. The highest BCUT2D eigenvalue weighted by Crippen LogP contribution is 2.34. The third kappa shape index (κ3) is 4.15. The van der Waals surface area contributed by atoms with Crippen LogP contribution in [0.5, 0.6) is 5.75 Å². The second-order valence-electron chi connectivity index (χ2n) is 5.28. The van der Waals surface area contributed by atoms with Crippen molar-refractivity contribution >= 4 is 17.8 Å². The molecular weight excluding hydrogens is 352 g/mol. The number of nitrogens with zero attached hydrogens (tertiary/aromatic N) is 3. The number of nitro groups is 1. The monoisotopic (exact) mass is 366 g/mol. The van der Waals surface area contributed by atoms with E-state index in [9.17, 15) is 14.9 Å². The molecule has 0 radical (unpaired) electrons. The Balaban J connectivity index is 1.76. The fourth-order valence-electron chi connectivity index (χ4n) is 2.29. The second-order valence-corrected chi connectivity index (χ2v) is 5.28. The largest absolute Gasteiger partial charge is 0.496 e. The van der Waals surface area contributed by atoms with Crippen molar-refractivity contribution in [2.75, 3.05) is 7.11 Å². The molecule has 0 aliphatic heterocycles. The lowest BCUT2D eigenvalue weighted by Crippen LogP contribution is -2.17. The van der Waals surface area contributed by atoms with Gasteiger partial charge in [0, 0.05) is 24.5 Å². The lowest BCUT2D eigenvalue weighted by atomic mass is 10.1. The minimum absolute atomic E-state index is 0.0823. The lowest BCUT2D eigenvalue weighted by Gasteiger charge is -2.05. The van der Waals surface area contributed by atoms with Crippen molar-refractivity contribution in [3.05, 3.63) is 76.3 Å². The molecule has 0 atom stereocenters. The van der Waals surface area contributed by atoms with Crippen LogP contribution >= 0.6 is 0 Å². The van der Waals surface area contributed by atoms with Gasteiger partial charge in [0.25, 0.3) is 11.6 Å². The minimum atomic E-state index is -0.498. The SMILES string of the molecule is COc1ccc([N+](=O)[O-])cc1-c1ccc(/C=N/NC(=O)c2cccnc2)o1. The molecule has 9 nitrogen and oxygen atoms in total. The first-order valence-corrected chi connectivity index (χ1v) is 7.74. The van der Waals surface area contributed by atoms with E-state index in [1.165, 1.54) is 37.7 Å². The number of rotatable bonds is 6. The summed E-state index contributed by atoms with van der Waals surface area (Å²) >= 11 is 0. The van der Waals surface area contributed by atoms with Gasteiger partial charge in [0.2, 0.25) is 0 Å². The number of hydrazone groups is 1. The quantitative estimate of drug-likeness (QED) is 0.407. The number of hydrogen-bond donors (Lipinski definition) is 1. The van der Waals surface area contributed by atoms with Crippen LogP contribution in [-0.2, 0) is 0 Å². The number of pyridine rings is 1. The van der Waals surface area contributed by atoms with Gasteiger partial charge in [-0.25, -0.2) is 5.43 Å². The number of carbonyl (C=O) groups is 1. The molecule has 3 rings (SSSR count). The van der Waals surface area contributed by atoms with Crippen LogP contribution in [0.3, 0.4) is 0 Å². The van der Waals surface area contributed by atoms with E-state index in [2.05, 4.69) is 15.5 Å². The van der Waals surface area contributed by atoms with Gasteiger partial charge in [-0.1, -0.05) is 0 Å². The van der Waals surface area contributed by atoms with E-state index in [1.54, 1.807) is 30.5 Å². The summed E-state index contributed by atoms with van der Waals surface area (Å²) in [5, 5.41) is 14.8. The molecule has 2 aromatic heterocycles. The summed E-state index contributed by atoms with van der Waals surface area (Å²) in [4.78, 5) is 26.2. The van der Waals surface area contributed by atoms with Crippen molar-refractivity contribution in [3.8, 4) is 17.1 Å². The van der Waals surface area contributed by atoms with E-state index >= 15 is 0 Å². The second kappa shape index (κ2) is 7.91. The van der Waals surface area contributed by atoms with Crippen LogP contribution in [0.1, 0.15) is 16.1 Å². The number of nitrogens with one attached hydrogen (secondary N) is 1. The fraction of sp³-hybridized carbons (Fsp3) is 0.0556. The molecule has 1 N–H and O–H groups in total. The Kier molecular flexibility index (Phi) is 5.22. The summed E-state index contributed by atoms with van der Waals surface area (Å²) in [6, 6.07) is 10.7. The van der Waals surface area contributed by atoms with Crippen LogP contribution in [-0.4, -0.2) is 29.1 Å². The maximum atomic E-state index is 11.9. The van der Waals surface area contributed by atoms with E-state index in [0.717, 1.165) is 0 Å². The average Bonchev–Trinajstić information content (AvgIpc) is 3.16. The Labute approximate surface area is 153 Å². The Hall–Kier alpha value is -4.01. The molecule has 0 fully saturated rings. The fourth-order valence-corrected chi connectivity index (χ4v) is 2.29. The minimum Gasteiger partial charge on any atom is -0.496 e. The Morgan fingerprint density at radius 3 is 2.89 bits per heavy atom. The number of carbonyl (C=O) groups excluding carboxylic acids is 1. The molecular formula is C18H14N4O5. The van der Waals surface area contributed by atoms with Crippen molar-refractivity contribution in [1.29, 1.82) is 0 Å². The van der Waals surface area contributed by atoms with Gasteiger partial charge >= 0.3 is 0 Å². The van der Waals surface area contributed by atoms with Crippen molar-refractivity contribution in [3.63, 3.8) is 0 Å². The third-order valence-electron chi connectivity index (χ3n) is 3.57. The highest BCUT2D eigenvalue weighted by Gasteiger charge is 2.15. The molecule has 0 saturated carbocycles. The maximum absolute atomic E-state index is 11.9. The van der Waals surface area contributed by atoms with Crippen LogP contribution < -0.4 is 10.2 Å². The summed E-state index contributed by atoms with van der Waals surface area (Å²) in [6.45, 7) is 0. The van der Waals surface area contributed by atoms with Crippen LogP contribution in [0.25, 0.3) is 11.3 Å². The number of furan rings is 1. The van der Waals surface area contributed by atoms with E-state index in [0.29, 0.717) is 28.4 Å². The van der Waals surface area contributed by atoms with Crippen LogP contribution in [0.4, 0.5) is 5.69 Å². The summed E-state index contributed by atoms with van der Waals surface area (Å²) < 4.78 is 10.8. The molecule has 0 aliphatic carbocycles. The molecule has 2 heterocycles. The van der Waals surface area contributed by atoms with E-state index in [-0.39, 0.29) is 5.69 Å². The first-order valence-electron chi connectivity index (χ1n) is 7.74. The third-order valence-corrected chi connectivity index (χ3v) is 3.57. The molecule has 0 saturated heterocycles. The van der Waals surface area contributed by atoms with Gasteiger partial charge in [0.05, 0.1) is 29.4 Å². The average molecular weight is 366 g/mol. The number of non-ortho nitro benzene ring substituents is 1. The van der Waals surface area contributed by atoms with Gasteiger partial charge in [-0.2, -0.15) is 5.10 Å². The van der Waals surface area contributed by atoms with Gasteiger partial charge in [-0.15, -0.1) is 0 Å². The van der Waals surface area contributed by atoms with Crippen molar-refractivity contribution in [2.24, 2.45) is 5.10 Å². The number of amides is 1. The molecule has 1 aromatic carbocycles. The standard InChI is InChI=1S/C18H14N4O5/c1-26-16-6-4-13(22(24)25)9-15(16)17-7-5-14(27-17)11-20-21-18(23)12-3-2-8-19-10-12/h2-11H,1H3,(H,21,23)/b20-11+. The Morgan fingerprint density at radius 2 is 2.19 bits per heavy atom. The predicted molar refractivity (Wildman–Crippen MR) is 96.6 cm³/mol. The lowest BCUT2D eigenvalue weighted by molar-refractivity contribution is -0.384. The van der Waals surface area contributed by atoms with Crippen LogP contribution in [0, 0.1) is 10.1 Å². The van der Waals surface area contributed by atoms with E-state index in [4.69, 9.17) is 9.15 Å². The smallest absolute Gasteiger partial charge is 0.272 e. The number of nitro benzene ring substituents is 1. The molecule has 0 unspecified atom stereocenters. The molecule has 9 heteroatoms. The topological polar surface area (TPSA) is 120 Å². The van der Waals surface area contributed by atoms with Gasteiger partial charge in [-0.3, -0.25) is 19.9 Å². The normalized spacial score (nSPS) is 10.7. The molecule has 0 aliphatic rings. The van der Waals surface area contributed by atoms with Crippen LogP contribution in [0.2, 0.25) is 0 Å². The maximum Gasteiger partial charge on any atom is 0.272 e. The van der Waals surface area contributed by atoms with Gasteiger partial charge in [0.15, 0.2) is 0 Å². The zero-order valence-electron chi connectivity index (χ0n) is 14.2. The van der Waals surface area contributed by atoms with Crippen molar-refractivity contribution < 1.29 is 18.9 Å². The van der Waals surface area contributed by atoms with Gasteiger partial charge in [0.1, 0.15) is 17.3 Å². The highest BCUT2D eigenvalue weighted by atomic mass is 16.6. The Morgan fingerprint density at radius 1 is 1.33 bits per heavy atom. The van der Waals surface area contributed by atoms with E-state index in [1.807, 2.05) is 0 Å². The molecule has 0 bridgehead atoms. The summed E-state index contributed by atoms with van der Waals surface area (Å²) in [5.74, 6) is 0.746. The molecule has 1 amide bonds. The molecule has 136 valence electrons. The summed E-state index contributed by atoms with van der Waals surface area (Å²) in [5.41, 5.74) is 3.08. The van der Waals surface area contributed by atoms with Crippen LogP contribution in [0.15, 0.2) is 64.4 Å². The van der Waals surface area contributed by atoms with Gasteiger partial charge < -0.3 is 9.15 Å². The molecule has 27 heavy (non-hydrogen) atoms. The van der Waals surface area contributed by atoms with Gasteiger partial charge in [-0.05, 0) is 30.3 Å². The van der Waals surface area contributed by atoms with E-state index < -0.39 is 10.8 Å². The van der Waals surface area contributed by atoms with Crippen molar-refractivity contribution in [2.45, 2.75) is 0 Å². The number of methoxy groups -OCH3 is 1. The number of ether oxygens (including phenoxy) is 1. The first kappa shape index (κ1) is 17.8. The first-order chi connectivity index (χ1) is 13.1. The molecule has 0 spiro atoms. The summed E-state index contributed by atoms with van der Waals surface area (Å²) in [7, 11) is 1.46. The zero-order chi connectivity index (χ0) is 19.2. The number of hydrogen-bond acceptors (Lipinski definition) is 7.